The highest BCUT2D eigenvalue weighted by Crippen LogP contribution is 2.17. The molecule has 0 radical (unpaired) electrons. The molecule has 17 heavy (non-hydrogen) atoms. The number of aldehydes is 1. The van der Waals surface area contributed by atoms with Crippen molar-refractivity contribution in [1.29, 1.82) is 0 Å². The molecule has 0 aliphatic carbocycles. The maximum Gasteiger partial charge on any atom is 0.280 e. The van der Waals surface area contributed by atoms with Crippen LogP contribution >= 0.6 is 0 Å². The average molecular weight is 249 g/mol. The van der Waals surface area contributed by atoms with Gasteiger partial charge in [0.05, 0.1) is 0 Å². The van der Waals surface area contributed by atoms with E-state index in [0.29, 0.717) is 6.29 Å². The molecule has 0 aliphatic heterocycles. The van der Waals surface area contributed by atoms with Crippen molar-refractivity contribution in [3.05, 3.63) is 17.5 Å². The van der Waals surface area contributed by atoms with Crippen LogP contribution < -0.4 is 0 Å². The minimum Gasteiger partial charge on any atom is -0.400 e. The van der Waals surface area contributed by atoms with Gasteiger partial charge in [-0.25, -0.2) is 8.78 Å². The molecule has 0 N–H and O–H groups in total. The van der Waals surface area contributed by atoms with E-state index in [1.54, 1.807) is 0 Å². The van der Waals surface area contributed by atoms with E-state index in [1.807, 2.05) is 13.8 Å². The number of hydrogen-bond acceptors (Lipinski definition) is 4. The van der Waals surface area contributed by atoms with Crippen LogP contribution in [-0.4, -0.2) is 29.9 Å². The second-order valence-electron chi connectivity index (χ2n) is 2.35. The van der Waals surface area contributed by atoms with Crippen molar-refractivity contribution >= 4 is 13.0 Å². The summed E-state index contributed by atoms with van der Waals surface area (Å²) in [6.45, 7) is 7.01. The van der Waals surface area contributed by atoms with Crippen molar-refractivity contribution in [2.75, 3.05) is 7.11 Å². The lowest BCUT2D eigenvalue weighted by Crippen LogP contribution is -1.97. The summed E-state index contributed by atoms with van der Waals surface area (Å²) in [5.41, 5.74) is -0.213. The first kappa shape index (κ1) is 17.6. The highest BCUT2D eigenvalue weighted by Gasteiger charge is 2.13. The molecule has 98 valence electrons. The van der Waals surface area contributed by atoms with Crippen molar-refractivity contribution in [1.82, 2.24) is 9.78 Å². The minimum absolute atomic E-state index is 0.0304. The summed E-state index contributed by atoms with van der Waals surface area (Å²) in [5.74, 6) is 0. The van der Waals surface area contributed by atoms with Gasteiger partial charge in [-0.15, -0.1) is 5.16 Å². The monoisotopic (exact) mass is 249 g/mol. The molecule has 0 fully saturated rings. The van der Waals surface area contributed by atoms with Gasteiger partial charge in [0.15, 0.2) is 6.29 Å². The zero-order valence-electron chi connectivity index (χ0n) is 10.4. The number of carbonyl (C=O) groups excluding carboxylic acids is 1. The fourth-order valence-corrected chi connectivity index (χ4v) is 0.767. The quantitative estimate of drug-likeness (QED) is 0.469. The fourth-order valence-electron chi connectivity index (χ4n) is 0.767. The van der Waals surface area contributed by atoms with E-state index >= 15 is 0 Å². The molecule has 0 unspecified atom stereocenters. The Kier molecular flexibility index (Phi) is 11.1. The van der Waals surface area contributed by atoms with Gasteiger partial charge in [0, 0.05) is 13.8 Å². The van der Waals surface area contributed by atoms with Crippen molar-refractivity contribution in [3.8, 4) is 0 Å². The number of hydrogen-bond donors (Lipinski definition) is 0. The lowest BCUT2D eigenvalue weighted by Gasteiger charge is -1.96. The first-order valence-electron chi connectivity index (χ1n) is 4.83. The van der Waals surface area contributed by atoms with E-state index in [-0.39, 0.29) is 11.4 Å². The predicted octanol–water partition coefficient (Wildman–Crippen LogP) is 2.44. The van der Waals surface area contributed by atoms with Crippen LogP contribution in [-0.2, 0) is 11.9 Å². The summed E-state index contributed by atoms with van der Waals surface area (Å²) in [7, 11) is 2.82. The van der Waals surface area contributed by atoms with Gasteiger partial charge in [0.1, 0.15) is 18.5 Å². The van der Waals surface area contributed by atoms with Crippen LogP contribution in [0.15, 0.2) is 11.2 Å². The number of nitrogens with zero attached hydrogens (tertiary/aromatic N) is 3. The Morgan fingerprint density at radius 1 is 1.59 bits per heavy atom. The maximum absolute atomic E-state index is 12.0. The number of halogens is 2. The second kappa shape index (κ2) is 10.7. The fraction of sp³-hybridized carbons (Fsp3) is 0.500. The minimum atomic E-state index is -2.58. The molecule has 0 aromatic carbocycles. The van der Waals surface area contributed by atoms with E-state index in [1.165, 1.54) is 14.2 Å². The highest BCUT2D eigenvalue weighted by molar-refractivity contribution is 5.71. The van der Waals surface area contributed by atoms with Crippen LogP contribution in [0.1, 0.15) is 36.5 Å². The van der Waals surface area contributed by atoms with Gasteiger partial charge >= 0.3 is 0 Å². The van der Waals surface area contributed by atoms with Crippen LogP contribution in [0.3, 0.4) is 0 Å². The lowest BCUT2D eigenvalue weighted by molar-refractivity contribution is 0.111. The summed E-state index contributed by atoms with van der Waals surface area (Å²) in [4.78, 5) is 14.1. The standard InChI is InChI=1S/C6H6F2N2O.C2H5NO.C2H6/c1-10-5(6(7)8)2-4(3-11)9-10;1-3-4-2;1-2/h2-3,6H,1H3;1H2,2H3;1-2H3. The summed E-state index contributed by atoms with van der Waals surface area (Å²) in [6.07, 6.45) is -2.15. The lowest BCUT2D eigenvalue weighted by atomic mass is 10.4. The van der Waals surface area contributed by atoms with Gasteiger partial charge in [-0.2, -0.15) is 5.10 Å². The Balaban J connectivity index is 0. The molecule has 0 atom stereocenters. The van der Waals surface area contributed by atoms with Gasteiger partial charge in [0.25, 0.3) is 6.43 Å². The molecule has 0 bridgehead atoms. The Bertz CT molecular complexity index is 327. The smallest absolute Gasteiger partial charge is 0.280 e. The molecule has 0 amide bonds. The Morgan fingerprint density at radius 3 is 2.24 bits per heavy atom. The highest BCUT2D eigenvalue weighted by atomic mass is 19.3. The largest absolute Gasteiger partial charge is 0.400 e. The Morgan fingerprint density at radius 2 is 2.06 bits per heavy atom. The van der Waals surface area contributed by atoms with Crippen LogP contribution in [0.5, 0.6) is 0 Å². The van der Waals surface area contributed by atoms with Gasteiger partial charge < -0.3 is 4.84 Å². The molecule has 0 saturated carbocycles. The SMILES string of the molecule is C=NOC.CC.Cn1nc(C=O)cc1C(F)F. The molecular weight excluding hydrogens is 232 g/mol. The first-order valence-corrected chi connectivity index (χ1v) is 4.83. The van der Waals surface area contributed by atoms with Crippen molar-refractivity contribution in [3.63, 3.8) is 0 Å². The third-order valence-electron chi connectivity index (χ3n) is 1.41. The van der Waals surface area contributed by atoms with E-state index in [4.69, 9.17) is 0 Å². The number of aryl methyl sites for hydroxylation is 1. The van der Waals surface area contributed by atoms with Crippen LogP contribution in [0, 0.1) is 0 Å². The molecule has 0 aliphatic rings. The maximum atomic E-state index is 12.0. The van der Waals surface area contributed by atoms with Crippen molar-refractivity contribution in [2.24, 2.45) is 12.2 Å². The van der Waals surface area contributed by atoms with Crippen LogP contribution in [0.25, 0.3) is 0 Å². The molecule has 0 saturated heterocycles. The normalized spacial score (nSPS) is 8.41. The Hall–Kier alpha value is -1.79. The van der Waals surface area contributed by atoms with Gasteiger partial charge in [-0.05, 0) is 6.07 Å². The first-order chi connectivity index (χ1) is 8.06. The number of rotatable bonds is 3. The van der Waals surface area contributed by atoms with E-state index in [0.717, 1.165) is 10.7 Å². The van der Waals surface area contributed by atoms with Gasteiger partial charge in [-0.3, -0.25) is 9.48 Å². The van der Waals surface area contributed by atoms with Crippen LogP contribution in [0.4, 0.5) is 8.78 Å². The van der Waals surface area contributed by atoms with Crippen LogP contribution in [0.2, 0.25) is 0 Å². The molecule has 0 spiro atoms. The molecule has 1 aromatic rings. The summed E-state index contributed by atoms with van der Waals surface area (Å²) in [5, 5.41) is 6.51. The number of oxime groups is 1. The zero-order valence-corrected chi connectivity index (χ0v) is 10.4. The van der Waals surface area contributed by atoms with E-state index < -0.39 is 6.43 Å². The summed E-state index contributed by atoms with van der Waals surface area (Å²) in [6, 6.07) is 1.07. The second-order valence-corrected chi connectivity index (χ2v) is 2.35. The molecule has 1 aromatic heterocycles. The van der Waals surface area contributed by atoms with Crippen molar-refractivity contribution in [2.45, 2.75) is 20.3 Å². The third-order valence-corrected chi connectivity index (χ3v) is 1.41. The summed E-state index contributed by atoms with van der Waals surface area (Å²) < 4.78 is 25.0. The topological polar surface area (TPSA) is 56.5 Å². The number of aromatic nitrogens is 2. The summed E-state index contributed by atoms with van der Waals surface area (Å²) >= 11 is 0. The van der Waals surface area contributed by atoms with Crippen molar-refractivity contribution < 1.29 is 18.4 Å². The molecule has 1 rings (SSSR count). The van der Waals surface area contributed by atoms with E-state index in [9.17, 15) is 13.6 Å². The molecule has 7 heteroatoms. The number of carbonyl (C=O) groups is 1. The number of alkyl halides is 2. The predicted molar refractivity (Wildman–Crippen MR) is 61.5 cm³/mol. The average Bonchev–Trinajstić information content (AvgIpc) is 2.73. The third kappa shape index (κ3) is 7.15. The van der Waals surface area contributed by atoms with Gasteiger partial charge in [0.2, 0.25) is 0 Å². The zero-order chi connectivity index (χ0) is 13.8. The molecule has 5 nitrogen and oxygen atoms in total. The molecular formula is C10H17F2N3O2. The van der Waals surface area contributed by atoms with Gasteiger partial charge in [-0.1, -0.05) is 13.8 Å². The van der Waals surface area contributed by atoms with E-state index in [2.05, 4.69) is 21.8 Å². The molecule has 1 heterocycles. The Labute approximate surface area is 99.1 Å².